The molecule has 0 bridgehead atoms. The third-order valence-electron chi connectivity index (χ3n) is 4.67. The van der Waals surface area contributed by atoms with Crippen molar-refractivity contribution in [3.63, 3.8) is 0 Å². The number of carboxylic acid groups (broad SMARTS) is 1. The Hall–Kier alpha value is -3.95. The van der Waals surface area contributed by atoms with Gasteiger partial charge in [-0.05, 0) is 36.8 Å². The fraction of sp³-hybridized carbons (Fsp3) is 0.261. The zero-order valence-corrected chi connectivity index (χ0v) is 18.1. The Morgan fingerprint density at radius 3 is 2.64 bits per heavy atom. The minimum Gasteiger partial charge on any atom is -0.493 e. The highest BCUT2D eigenvalue weighted by atomic mass is 19.1. The molecular formula is C23H23F2N3O5. The molecule has 2 N–H and O–H groups in total. The molecule has 0 saturated heterocycles. The average molecular weight is 459 g/mol. The first-order chi connectivity index (χ1) is 15.7. The third-order valence-corrected chi connectivity index (χ3v) is 4.67. The highest BCUT2D eigenvalue weighted by molar-refractivity contribution is 5.91. The monoisotopic (exact) mass is 459 g/mol. The summed E-state index contributed by atoms with van der Waals surface area (Å²) in [6, 6.07) is 8.68. The molecule has 8 nitrogen and oxygen atoms in total. The lowest BCUT2D eigenvalue weighted by molar-refractivity contribution is -0.137. The molecule has 0 aliphatic heterocycles. The van der Waals surface area contributed by atoms with Crippen LogP contribution >= 0.6 is 0 Å². The maximum atomic E-state index is 13.9. The summed E-state index contributed by atoms with van der Waals surface area (Å²) in [5.41, 5.74) is 1.16. The molecule has 10 heteroatoms. The van der Waals surface area contributed by atoms with Gasteiger partial charge in [-0.2, -0.15) is 0 Å². The van der Waals surface area contributed by atoms with Crippen LogP contribution in [0.15, 0.2) is 46.9 Å². The first kappa shape index (κ1) is 23.7. The van der Waals surface area contributed by atoms with Gasteiger partial charge in [0.2, 0.25) is 0 Å². The first-order valence-corrected chi connectivity index (χ1v) is 10.1. The lowest BCUT2D eigenvalue weighted by Crippen LogP contribution is -2.38. The van der Waals surface area contributed by atoms with Gasteiger partial charge in [-0.1, -0.05) is 12.1 Å². The number of nitrogens with one attached hydrogen (secondary N) is 1. The van der Waals surface area contributed by atoms with Gasteiger partial charge in [-0.25, -0.2) is 18.6 Å². The number of hydrogen-bond acceptors (Lipinski definition) is 5. The molecule has 1 heterocycles. The minimum absolute atomic E-state index is 0.0697. The summed E-state index contributed by atoms with van der Waals surface area (Å²) in [6.45, 7) is 3.25. The smallest absolute Gasteiger partial charge is 0.323 e. The van der Waals surface area contributed by atoms with Crippen molar-refractivity contribution < 1.29 is 32.6 Å². The molecule has 0 aliphatic carbocycles. The van der Waals surface area contributed by atoms with Gasteiger partial charge in [-0.15, -0.1) is 0 Å². The zero-order chi connectivity index (χ0) is 24.0. The predicted octanol–water partition coefficient (Wildman–Crippen LogP) is 4.31. The Balaban J connectivity index is 1.65. The quantitative estimate of drug-likeness (QED) is 0.494. The van der Waals surface area contributed by atoms with Crippen LogP contribution in [0.4, 0.5) is 19.3 Å². The second kappa shape index (κ2) is 10.6. The standard InChI is InChI=1S/C23H23F2N3O5/c1-14-20(26-15(2)33-14)8-9-32-18-5-3-4-16(10-18)12-28(13-22(29)30)23(31)27-21-7-6-17(24)11-19(21)25/h3-7,10-11H,8-9,12-13H2,1-2H3,(H,27,31)(H,29,30). The van der Waals surface area contributed by atoms with Crippen LogP contribution in [0.5, 0.6) is 5.75 Å². The van der Waals surface area contributed by atoms with E-state index in [1.807, 2.05) is 6.92 Å². The zero-order valence-electron chi connectivity index (χ0n) is 18.1. The van der Waals surface area contributed by atoms with E-state index in [1.165, 1.54) is 0 Å². The number of halogens is 2. The van der Waals surface area contributed by atoms with E-state index in [4.69, 9.17) is 9.15 Å². The van der Waals surface area contributed by atoms with Crippen LogP contribution in [0.3, 0.4) is 0 Å². The van der Waals surface area contributed by atoms with Gasteiger partial charge >= 0.3 is 12.0 Å². The Labute approximate surface area is 188 Å². The SMILES string of the molecule is Cc1nc(CCOc2cccc(CN(CC(=O)O)C(=O)Nc3ccc(F)cc3F)c2)c(C)o1. The van der Waals surface area contributed by atoms with E-state index < -0.39 is 30.2 Å². The van der Waals surface area contributed by atoms with E-state index in [-0.39, 0.29) is 12.2 Å². The molecule has 2 amide bonds. The van der Waals surface area contributed by atoms with Gasteiger partial charge in [0.05, 0.1) is 18.0 Å². The minimum atomic E-state index is -1.24. The molecule has 0 radical (unpaired) electrons. The highest BCUT2D eigenvalue weighted by Gasteiger charge is 2.19. The molecule has 1 aromatic heterocycles. The summed E-state index contributed by atoms with van der Waals surface area (Å²) in [7, 11) is 0. The van der Waals surface area contributed by atoms with Gasteiger partial charge in [0.25, 0.3) is 0 Å². The van der Waals surface area contributed by atoms with Gasteiger partial charge in [-0.3, -0.25) is 4.79 Å². The van der Waals surface area contributed by atoms with Crippen molar-refractivity contribution in [1.29, 1.82) is 0 Å². The first-order valence-electron chi connectivity index (χ1n) is 10.1. The van der Waals surface area contributed by atoms with Crippen LogP contribution in [0.1, 0.15) is 22.9 Å². The van der Waals surface area contributed by atoms with Gasteiger partial charge in [0.1, 0.15) is 29.7 Å². The van der Waals surface area contributed by atoms with Crippen molar-refractivity contribution in [2.24, 2.45) is 0 Å². The number of oxazole rings is 1. The number of nitrogens with zero attached hydrogens (tertiary/aromatic N) is 2. The Bertz CT molecular complexity index is 1150. The number of hydrogen-bond donors (Lipinski definition) is 2. The van der Waals surface area contributed by atoms with Crippen LogP contribution in [0, 0.1) is 25.5 Å². The number of rotatable bonds is 9. The number of aryl methyl sites for hydroxylation is 2. The Kier molecular flexibility index (Phi) is 7.60. The van der Waals surface area contributed by atoms with Crippen molar-refractivity contribution in [3.8, 4) is 5.75 Å². The molecule has 3 aromatic rings. The van der Waals surface area contributed by atoms with Crippen LogP contribution in [0.25, 0.3) is 0 Å². The number of carboxylic acids is 1. The van der Waals surface area contributed by atoms with Crippen LogP contribution in [-0.4, -0.2) is 40.1 Å². The number of carbonyl (C=O) groups excluding carboxylic acids is 1. The van der Waals surface area contributed by atoms with E-state index in [1.54, 1.807) is 31.2 Å². The van der Waals surface area contributed by atoms with E-state index in [0.717, 1.165) is 28.5 Å². The fourth-order valence-corrected chi connectivity index (χ4v) is 3.17. The number of ether oxygens (including phenoxy) is 1. The second-order valence-electron chi connectivity index (χ2n) is 7.29. The van der Waals surface area contributed by atoms with Gasteiger partial charge in [0.15, 0.2) is 5.89 Å². The van der Waals surface area contributed by atoms with E-state index in [0.29, 0.717) is 36.3 Å². The largest absolute Gasteiger partial charge is 0.493 e. The molecule has 0 atom stereocenters. The molecule has 33 heavy (non-hydrogen) atoms. The van der Waals surface area contributed by atoms with Crippen molar-refractivity contribution in [1.82, 2.24) is 9.88 Å². The molecule has 0 fully saturated rings. The van der Waals surface area contributed by atoms with E-state index in [9.17, 15) is 23.5 Å². The summed E-state index contributed by atoms with van der Waals surface area (Å²) in [5.74, 6) is -1.15. The second-order valence-corrected chi connectivity index (χ2v) is 7.29. The molecule has 3 rings (SSSR count). The van der Waals surface area contributed by atoms with Crippen molar-refractivity contribution in [2.75, 3.05) is 18.5 Å². The van der Waals surface area contributed by atoms with E-state index >= 15 is 0 Å². The Morgan fingerprint density at radius 2 is 1.97 bits per heavy atom. The Morgan fingerprint density at radius 1 is 1.18 bits per heavy atom. The molecule has 0 saturated carbocycles. The molecule has 174 valence electrons. The number of carbonyl (C=O) groups is 2. The topological polar surface area (TPSA) is 105 Å². The summed E-state index contributed by atoms with van der Waals surface area (Å²) in [4.78, 5) is 29.1. The van der Waals surface area contributed by atoms with E-state index in [2.05, 4.69) is 10.3 Å². The van der Waals surface area contributed by atoms with Crippen LogP contribution < -0.4 is 10.1 Å². The van der Waals surface area contributed by atoms with Gasteiger partial charge in [0, 0.05) is 26.0 Å². The molecule has 2 aromatic carbocycles. The molecule has 0 spiro atoms. The summed E-state index contributed by atoms with van der Waals surface area (Å²) >= 11 is 0. The normalized spacial score (nSPS) is 10.7. The molecule has 0 aliphatic rings. The lowest BCUT2D eigenvalue weighted by Gasteiger charge is -2.22. The number of aromatic nitrogens is 1. The van der Waals surface area contributed by atoms with Crippen molar-refractivity contribution >= 4 is 17.7 Å². The van der Waals surface area contributed by atoms with Crippen molar-refractivity contribution in [3.05, 3.63) is 77.0 Å². The maximum Gasteiger partial charge on any atom is 0.323 e. The number of benzene rings is 2. The van der Waals surface area contributed by atoms with Crippen molar-refractivity contribution in [2.45, 2.75) is 26.8 Å². The predicted molar refractivity (Wildman–Crippen MR) is 115 cm³/mol. The summed E-state index contributed by atoms with van der Waals surface area (Å²) in [6.07, 6.45) is 0.546. The van der Waals surface area contributed by atoms with Crippen LogP contribution in [0.2, 0.25) is 0 Å². The number of anilines is 1. The molecule has 0 unspecified atom stereocenters. The van der Waals surface area contributed by atoms with Gasteiger partial charge < -0.3 is 24.5 Å². The summed E-state index contributed by atoms with van der Waals surface area (Å²) < 4.78 is 38.1. The lowest BCUT2D eigenvalue weighted by atomic mass is 10.2. The number of aliphatic carboxylic acids is 1. The maximum absolute atomic E-state index is 13.9. The molecular weight excluding hydrogens is 436 g/mol. The average Bonchev–Trinajstić information content (AvgIpc) is 3.06. The summed E-state index contributed by atoms with van der Waals surface area (Å²) in [5, 5.41) is 11.5. The number of urea groups is 1. The van der Waals surface area contributed by atoms with Crippen LogP contribution in [-0.2, 0) is 17.8 Å². The highest BCUT2D eigenvalue weighted by Crippen LogP contribution is 2.19. The third kappa shape index (κ3) is 6.76. The number of amides is 2. The fourth-order valence-electron chi connectivity index (χ4n) is 3.17.